The van der Waals surface area contributed by atoms with Crippen LogP contribution in [0.5, 0.6) is 0 Å². The van der Waals surface area contributed by atoms with Crippen molar-refractivity contribution < 1.29 is 0 Å². The van der Waals surface area contributed by atoms with Crippen LogP contribution >= 0.6 is 22.6 Å². The van der Waals surface area contributed by atoms with E-state index in [1.165, 1.54) is 48.0 Å². The Morgan fingerprint density at radius 1 is 1.28 bits per heavy atom. The molecule has 0 aromatic heterocycles. The Balaban J connectivity index is 1.66. The first-order valence-corrected chi connectivity index (χ1v) is 7.86. The van der Waals surface area contributed by atoms with Gasteiger partial charge in [-0.15, -0.1) is 0 Å². The zero-order valence-corrected chi connectivity index (χ0v) is 12.7. The number of nitrogens with zero attached hydrogens (tertiary/aromatic N) is 1. The molecule has 4 heteroatoms. The number of anilines is 2. The summed E-state index contributed by atoms with van der Waals surface area (Å²) in [7, 11) is 0. The fourth-order valence-electron chi connectivity index (χ4n) is 3.22. The maximum atomic E-state index is 5.79. The zero-order valence-electron chi connectivity index (χ0n) is 10.5. The van der Waals surface area contributed by atoms with Gasteiger partial charge >= 0.3 is 0 Å². The van der Waals surface area contributed by atoms with E-state index in [4.69, 9.17) is 5.73 Å². The van der Waals surface area contributed by atoms with E-state index in [0.29, 0.717) is 6.04 Å². The van der Waals surface area contributed by atoms with Crippen LogP contribution in [0, 0.1) is 3.57 Å². The first-order chi connectivity index (χ1) is 8.72. The minimum absolute atomic E-state index is 0.626. The molecular formula is C14H20IN3. The summed E-state index contributed by atoms with van der Waals surface area (Å²) in [5.74, 6) is 0. The Kier molecular flexibility index (Phi) is 3.66. The van der Waals surface area contributed by atoms with Crippen molar-refractivity contribution >= 4 is 34.0 Å². The van der Waals surface area contributed by atoms with Gasteiger partial charge in [0.05, 0.1) is 0 Å². The number of hydrogen-bond acceptors (Lipinski definition) is 3. The van der Waals surface area contributed by atoms with Gasteiger partial charge in [0.25, 0.3) is 0 Å². The predicted octanol–water partition coefficient (Wildman–Crippen LogP) is 2.91. The third kappa shape index (κ3) is 2.59. The summed E-state index contributed by atoms with van der Waals surface area (Å²) in [6.07, 6.45) is 5.32. The highest BCUT2D eigenvalue weighted by Gasteiger charge is 2.31. The largest absolute Gasteiger partial charge is 0.399 e. The number of piperidine rings is 1. The van der Waals surface area contributed by atoms with Crippen molar-refractivity contribution in [1.29, 1.82) is 0 Å². The molecule has 1 aromatic rings. The molecule has 0 amide bonds. The van der Waals surface area contributed by atoms with Crippen molar-refractivity contribution in [1.82, 2.24) is 4.90 Å². The summed E-state index contributed by atoms with van der Waals surface area (Å²) in [6.45, 7) is 2.57. The fourth-order valence-corrected chi connectivity index (χ4v) is 3.92. The van der Waals surface area contributed by atoms with Crippen molar-refractivity contribution in [2.24, 2.45) is 0 Å². The normalized spacial score (nSPS) is 28.1. The number of rotatable bonds is 2. The lowest BCUT2D eigenvalue weighted by atomic mass is 9.97. The SMILES string of the molecule is Nc1ccc(NC2CCN3CCCC3C2)c(I)c1. The Labute approximate surface area is 122 Å². The molecule has 2 saturated heterocycles. The number of hydrogen-bond donors (Lipinski definition) is 2. The van der Waals surface area contributed by atoms with Crippen LogP contribution < -0.4 is 11.1 Å². The second kappa shape index (κ2) is 5.25. The quantitative estimate of drug-likeness (QED) is 0.632. The molecule has 1 aromatic carbocycles. The van der Waals surface area contributed by atoms with E-state index in [1.54, 1.807) is 0 Å². The second-order valence-corrected chi connectivity index (χ2v) is 6.60. The van der Waals surface area contributed by atoms with Crippen LogP contribution in [0.25, 0.3) is 0 Å². The number of fused-ring (bicyclic) bond motifs is 1. The molecule has 0 aliphatic carbocycles. The first-order valence-electron chi connectivity index (χ1n) is 6.78. The summed E-state index contributed by atoms with van der Waals surface area (Å²) < 4.78 is 1.22. The van der Waals surface area contributed by atoms with Crippen LogP contribution in [0.15, 0.2) is 18.2 Å². The second-order valence-electron chi connectivity index (χ2n) is 5.44. The van der Waals surface area contributed by atoms with Gasteiger partial charge in [-0.1, -0.05) is 0 Å². The maximum Gasteiger partial charge on any atom is 0.0479 e. The van der Waals surface area contributed by atoms with Crippen molar-refractivity contribution in [3.05, 3.63) is 21.8 Å². The van der Waals surface area contributed by atoms with Crippen LogP contribution in [0.3, 0.4) is 0 Å². The van der Waals surface area contributed by atoms with Crippen LogP contribution in [-0.4, -0.2) is 30.1 Å². The number of nitrogens with one attached hydrogen (secondary N) is 1. The van der Waals surface area contributed by atoms with Gasteiger partial charge in [0, 0.05) is 33.6 Å². The van der Waals surface area contributed by atoms with Gasteiger partial charge < -0.3 is 16.0 Å². The van der Waals surface area contributed by atoms with E-state index in [2.05, 4.69) is 38.9 Å². The topological polar surface area (TPSA) is 41.3 Å². The molecule has 0 spiro atoms. The molecule has 3 rings (SSSR count). The molecule has 2 unspecified atom stereocenters. The molecule has 0 saturated carbocycles. The van der Waals surface area contributed by atoms with Gasteiger partial charge in [-0.2, -0.15) is 0 Å². The van der Waals surface area contributed by atoms with Gasteiger partial charge in [-0.05, 0) is 73.0 Å². The van der Waals surface area contributed by atoms with Gasteiger partial charge in [0.15, 0.2) is 0 Å². The molecule has 0 radical (unpaired) electrons. The van der Waals surface area contributed by atoms with E-state index in [0.717, 1.165) is 11.7 Å². The average Bonchev–Trinajstić information content (AvgIpc) is 2.80. The highest BCUT2D eigenvalue weighted by atomic mass is 127. The average molecular weight is 357 g/mol. The molecule has 2 fully saturated rings. The van der Waals surface area contributed by atoms with E-state index in [-0.39, 0.29) is 0 Å². The summed E-state index contributed by atoms with van der Waals surface area (Å²) in [5, 5.41) is 3.70. The van der Waals surface area contributed by atoms with E-state index in [1.807, 2.05) is 12.1 Å². The van der Waals surface area contributed by atoms with E-state index >= 15 is 0 Å². The highest BCUT2D eigenvalue weighted by molar-refractivity contribution is 14.1. The Morgan fingerprint density at radius 3 is 3.00 bits per heavy atom. The minimum Gasteiger partial charge on any atom is -0.399 e. The highest BCUT2D eigenvalue weighted by Crippen LogP contribution is 2.30. The van der Waals surface area contributed by atoms with E-state index < -0.39 is 0 Å². The maximum absolute atomic E-state index is 5.79. The lowest BCUT2D eigenvalue weighted by molar-refractivity contribution is 0.188. The van der Waals surface area contributed by atoms with E-state index in [9.17, 15) is 0 Å². The summed E-state index contributed by atoms with van der Waals surface area (Å²) in [5.41, 5.74) is 7.87. The summed E-state index contributed by atoms with van der Waals surface area (Å²) in [4.78, 5) is 2.66. The summed E-state index contributed by atoms with van der Waals surface area (Å²) >= 11 is 2.36. The Hall–Kier alpha value is -0.490. The molecule has 98 valence electrons. The first kappa shape index (κ1) is 12.5. The van der Waals surface area contributed by atoms with Crippen molar-refractivity contribution in [2.75, 3.05) is 24.1 Å². The number of nitrogen functional groups attached to an aromatic ring is 1. The van der Waals surface area contributed by atoms with Crippen molar-refractivity contribution in [3.8, 4) is 0 Å². The molecule has 2 atom stereocenters. The van der Waals surface area contributed by atoms with Crippen LogP contribution in [0.2, 0.25) is 0 Å². The molecule has 2 aliphatic rings. The molecular weight excluding hydrogens is 337 g/mol. The Morgan fingerprint density at radius 2 is 2.17 bits per heavy atom. The molecule has 3 nitrogen and oxygen atoms in total. The number of halogens is 1. The van der Waals surface area contributed by atoms with Crippen LogP contribution in [-0.2, 0) is 0 Å². The molecule has 3 N–H and O–H groups in total. The lowest BCUT2D eigenvalue weighted by Crippen LogP contribution is -2.42. The minimum atomic E-state index is 0.626. The smallest absolute Gasteiger partial charge is 0.0479 e. The third-order valence-corrected chi connectivity index (χ3v) is 5.07. The predicted molar refractivity (Wildman–Crippen MR) is 84.8 cm³/mol. The standard InChI is InChI=1S/C14H20IN3/c15-13-8-10(16)3-4-14(13)17-11-5-7-18-6-1-2-12(18)9-11/h3-4,8,11-12,17H,1-2,5-7,9,16H2. The fraction of sp³-hybridized carbons (Fsp3) is 0.571. The molecule has 18 heavy (non-hydrogen) atoms. The van der Waals surface area contributed by atoms with Gasteiger partial charge in [-0.25, -0.2) is 0 Å². The lowest BCUT2D eigenvalue weighted by Gasteiger charge is -2.35. The van der Waals surface area contributed by atoms with Gasteiger partial charge in [0.2, 0.25) is 0 Å². The van der Waals surface area contributed by atoms with Crippen molar-refractivity contribution in [3.63, 3.8) is 0 Å². The Bertz CT molecular complexity index is 435. The molecule has 2 heterocycles. The van der Waals surface area contributed by atoms with Gasteiger partial charge in [-0.3, -0.25) is 0 Å². The molecule has 0 bridgehead atoms. The summed E-state index contributed by atoms with van der Waals surface area (Å²) in [6, 6.07) is 7.57. The van der Waals surface area contributed by atoms with Gasteiger partial charge in [0.1, 0.15) is 0 Å². The van der Waals surface area contributed by atoms with Crippen molar-refractivity contribution in [2.45, 2.75) is 37.8 Å². The molecule has 2 aliphatic heterocycles. The zero-order chi connectivity index (χ0) is 12.5. The monoisotopic (exact) mass is 357 g/mol. The van der Waals surface area contributed by atoms with Crippen LogP contribution in [0.1, 0.15) is 25.7 Å². The van der Waals surface area contributed by atoms with Crippen LogP contribution in [0.4, 0.5) is 11.4 Å². The number of benzene rings is 1. The number of nitrogens with two attached hydrogens (primary N) is 1. The third-order valence-electron chi connectivity index (χ3n) is 4.17.